The molecule has 84 valence electrons. The van der Waals surface area contributed by atoms with Crippen LogP contribution in [0.4, 0.5) is 0 Å². The first-order valence-electron chi connectivity index (χ1n) is 5.77. The molecule has 1 aliphatic heterocycles. The summed E-state index contributed by atoms with van der Waals surface area (Å²) in [6.07, 6.45) is 6.38. The van der Waals surface area contributed by atoms with Crippen LogP contribution in [-0.4, -0.2) is 33.8 Å². The van der Waals surface area contributed by atoms with Crippen LogP contribution in [0.5, 0.6) is 0 Å². The van der Waals surface area contributed by atoms with Gasteiger partial charge in [-0.15, -0.1) is 0 Å². The van der Waals surface area contributed by atoms with E-state index >= 15 is 0 Å². The maximum Gasteiger partial charge on any atom is 0.0534 e. The van der Waals surface area contributed by atoms with Gasteiger partial charge in [0.25, 0.3) is 0 Å². The molecule has 0 spiro atoms. The second-order valence-corrected chi connectivity index (χ2v) is 4.40. The molecule has 1 aromatic heterocycles. The molecule has 4 nitrogen and oxygen atoms in total. The molecule has 1 fully saturated rings. The van der Waals surface area contributed by atoms with E-state index in [0.717, 1.165) is 39.0 Å². The lowest BCUT2D eigenvalue weighted by atomic mass is 10.3. The first-order valence-corrected chi connectivity index (χ1v) is 5.77. The Morgan fingerprint density at radius 1 is 1.60 bits per heavy atom. The third kappa shape index (κ3) is 2.79. The first kappa shape index (κ1) is 10.6. The molecule has 0 saturated carbocycles. The van der Waals surface area contributed by atoms with Gasteiger partial charge in [0.1, 0.15) is 0 Å². The Bertz CT molecular complexity index is 307. The van der Waals surface area contributed by atoms with E-state index in [9.17, 15) is 0 Å². The van der Waals surface area contributed by atoms with Crippen molar-refractivity contribution >= 4 is 0 Å². The molecule has 0 bridgehead atoms. The summed E-state index contributed by atoms with van der Waals surface area (Å²) in [6.45, 7) is 6.33. The summed E-state index contributed by atoms with van der Waals surface area (Å²) in [6, 6.07) is 0.371. The van der Waals surface area contributed by atoms with Crippen LogP contribution in [0.15, 0.2) is 12.4 Å². The summed E-state index contributed by atoms with van der Waals surface area (Å²) < 4.78 is 2.02. The number of aromatic nitrogens is 2. The molecule has 4 heteroatoms. The second kappa shape index (κ2) is 4.77. The molecule has 2 heterocycles. The van der Waals surface area contributed by atoms with Gasteiger partial charge in [0.05, 0.1) is 6.20 Å². The molecule has 1 atom stereocenters. The van der Waals surface area contributed by atoms with Crippen LogP contribution < -0.4 is 5.73 Å². The summed E-state index contributed by atoms with van der Waals surface area (Å²) in [5.74, 6) is 0. The lowest BCUT2D eigenvalue weighted by molar-refractivity contribution is 0.327. The zero-order chi connectivity index (χ0) is 10.7. The monoisotopic (exact) mass is 208 g/mol. The smallest absolute Gasteiger partial charge is 0.0534 e. The molecule has 2 N–H and O–H groups in total. The van der Waals surface area contributed by atoms with E-state index in [2.05, 4.69) is 23.1 Å². The Morgan fingerprint density at radius 3 is 3.13 bits per heavy atom. The van der Waals surface area contributed by atoms with Crippen molar-refractivity contribution in [3.63, 3.8) is 0 Å². The maximum absolute atomic E-state index is 5.87. The van der Waals surface area contributed by atoms with Crippen LogP contribution in [0.25, 0.3) is 0 Å². The molecule has 0 aromatic carbocycles. The van der Waals surface area contributed by atoms with Crippen molar-refractivity contribution in [2.45, 2.75) is 38.9 Å². The molecule has 2 rings (SSSR count). The number of rotatable bonds is 4. The highest BCUT2D eigenvalue weighted by atomic mass is 15.3. The summed E-state index contributed by atoms with van der Waals surface area (Å²) in [5, 5.41) is 4.33. The van der Waals surface area contributed by atoms with Gasteiger partial charge in [-0.2, -0.15) is 5.10 Å². The van der Waals surface area contributed by atoms with Crippen molar-refractivity contribution in [1.29, 1.82) is 0 Å². The third-order valence-electron chi connectivity index (χ3n) is 2.85. The molecular weight excluding hydrogens is 188 g/mol. The molecular formula is C11H20N4. The Kier molecular flexibility index (Phi) is 3.38. The lowest BCUT2D eigenvalue weighted by Gasteiger charge is -2.13. The van der Waals surface area contributed by atoms with Crippen LogP contribution in [0.2, 0.25) is 0 Å². The fourth-order valence-electron chi connectivity index (χ4n) is 2.10. The van der Waals surface area contributed by atoms with Gasteiger partial charge in [-0.25, -0.2) is 0 Å². The van der Waals surface area contributed by atoms with Gasteiger partial charge in [0.2, 0.25) is 0 Å². The van der Waals surface area contributed by atoms with Crippen molar-refractivity contribution in [2.75, 3.05) is 13.1 Å². The molecule has 1 unspecified atom stereocenters. The highest BCUT2D eigenvalue weighted by molar-refractivity contribution is 5.04. The van der Waals surface area contributed by atoms with Crippen molar-refractivity contribution in [2.24, 2.45) is 5.73 Å². The average molecular weight is 208 g/mol. The zero-order valence-electron chi connectivity index (χ0n) is 9.39. The predicted molar refractivity (Wildman–Crippen MR) is 60.4 cm³/mol. The highest BCUT2D eigenvalue weighted by Gasteiger charge is 2.19. The van der Waals surface area contributed by atoms with Crippen molar-refractivity contribution < 1.29 is 0 Å². The Morgan fingerprint density at radius 2 is 2.47 bits per heavy atom. The molecule has 15 heavy (non-hydrogen) atoms. The van der Waals surface area contributed by atoms with Crippen LogP contribution >= 0.6 is 0 Å². The molecule has 0 radical (unpaired) electrons. The van der Waals surface area contributed by atoms with E-state index in [1.54, 1.807) is 0 Å². The maximum atomic E-state index is 5.87. The minimum absolute atomic E-state index is 0.371. The average Bonchev–Trinajstić information content (AvgIpc) is 2.78. The van der Waals surface area contributed by atoms with E-state index in [1.165, 1.54) is 5.56 Å². The lowest BCUT2D eigenvalue weighted by Crippen LogP contribution is -2.26. The normalized spacial score (nSPS) is 22.4. The quantitative estimate of drug-likeness (QED) is 0.797. The molecule has 0 amide bonds. The number of likely N-dealkylation sites (tertiary alicyclic amines) is 1. The third-order valence-corrected chi connectivity index (χ3v) is 2.85. The standard InChI is InChI=1S/C11H20N4/c1-2-4-15-8-10(6-13-15)7-14-5-3-11(12)9-14/h6,8,11H,2-5,7,9,12H2,1H3. The zero-order valence-corrected chi connectivity index (χ0v) is 9.39. The van der Waals surface area contributed by atoms with E-state index in [1.807, 2.05) is 10.9 Å². The second-order valence-electron chi connectivity index (χ2n) is 4.40. The van der Waals surface area contributed by atoms with Gasteiger partial charge in [0, 0.05) is 44.0 Å². The number of hydrogen-bond acceptors (Lipinski definition) is 3. The number of hydrogen-bond donors (Lipinski definition) is 1. The van der Waals surface area contributed by atoms with Gasteiger partial charge in [-0.3, -0.25) is 9.58 Å². The van der Waals surface area contributed by atoms with E-state index < -0.39 is 0 Å². The van der Waals surface area contributed by atoms with Gasteiger partial charge in [-0.05, 0) is 12.8 Å². The summed E-state index contributed by atoms with van der Waals surface area (Å²) in [4.78, 5) is 2.40. The molecule has 1 aromatic rings. The Labute approximate surface area is 91.1 Å². The van der Waals surface area contributed by atoms with E-state index in [0.29, 0.717) is 6.04 Å². The Balaban J connectivity index is 1.87. The summed E-state index contributed by atoms with van der Waals surface area (Å²) in [7, 11) is 0. The van der Waals surface area contributed by atoms with Crippen LogP contribution in [0.3, 0.4) is 0 Å². The van der Waals surface area contributed by atoms with Crippen molar-refractivity contribution in [3.05, 3.63) is 18.0 Å². The van der Waals surface area contributed by atoms with E-state index in [4.69, 9.17) is 5.73 Å². The van der Waals surface area contributed by atoms with Crippen LogP contribution in [0.1, 0.15) is 25.3 Å². The number of nitrogens with zero attached hydrogens (tertiary/aromatic N) is 3. The molecule has 1 aliphatic rings. The minimum atomic E-state index is 0.371. The summed E-state index contributed by atoms with van der Waals surface area (Å²) >= 11 is 0. The predicted octanol–water partition coefficient (Wildman–Crippen LogP) is 0.826. The number of nitrogens with two attached hydrogens (primary N) is 1. The van der Waals surface area contributed by atoms with Crippen LogP contribution in [0, 0.1) is 0 Å². The Hall–Kier alpha value is -0.870. The fourth-order valence-corrected chi connectivity index (χ4v) is 2.10. The van der Waals surface area contributed by atoms with Gasteiger partial charge in [0.15, 0.2) is 0 Å². The molecule has 1 saturated heterocycles. The van der Waals surface area contributed by atoms with Gasteiger partial charge >= 0.3 is 0 Å². The highest BCUT2D eigenvalue weighted by Crippen LogP contribution is 2.11. The summed E-state index contributed by atoms with van der Waals surface area (Å²) in [5.41, 5.74) is 7.17. The van der Waals surface area contributed by atoms with Crippen LogP contribution in [-0.2, 0) is 13.1 Å². The van der Waals surface area contributed by atoms with E-state index in [-0.39, 0.29) is 0 Å². The molecule has 0 aliphatic carbocycles. The van der Waals surface area contributed by atoms with Crippen molar-refractivity contribution in [3.8, 4) is 0 Å². The minimum Gasteiger partial charge on any atom is -0.326 e. The SMILES string of the molecule is CCCn1cc(CN2CCC(N)C2)cn1. The number of aryl methyl sites for hydroxylation is 1. The van der Waals surface area contributed by atoms with Gasteiger partial charge in [-0.1, -0.05) is 6.92 Å². The van der Waals surface area contributed by atoms with Gasteiger partial charge < -0.3 is 5.73 Å². The van der Waals surface area contributed by atoms with Crippen molar-refractivity contribution in [1.82, 2.24) is 14.7 Å². The first-order chi connectivity index (χ1) is 7.28. The fraction of sp³-hybridized carbons (Fsp3) is 0.727. The topological polar surface area (TPSA) is 47.1 Å². The largest absolute Gasteiger partial charge is 0.326 e.